The van der Waals surface area contributed by atoms with Crippen LogP contribution in [0.3, 0.4) is 0 Å². The number of rotatable bonds is 7. The number of hydrogen-bond acceptors (Lipinski definition) is 6. The van der Waals surface area contributed by atoms with Crippen LogP contribution in [0.2, 0.25) is 0 Å². The van der Waals surface area contributed by atoms with Gasteiger partial charge >= 0.3 is 5.97 Å². The predicted octanol–water partition coefficient (Wildman–Crippen LogP) is 4.10. The van der Waals surface area contributed by atoms with E-state index < -0.39 is 5.97 Å². The van der Waals surface area contributed by atoms with Gasteiger partial charge in [-0.3, -0.25) is 9.59 Å². The lowest BCUT2D eigenvalue weighted by Gasteiger charge is -2.20. The second kappa shape index (κ2) is 9.89. The first-order chi connectivity index (χ1) is 17.0. The third-order valence-corrected chi connectivity index (χ3v) is 6.04. The molecule has 5 rings (SSSR count). The molecule has 0 aliphatic carbocycles. The number of nitrogens with zero attached hydrogens (tertiary/aromatic N) is 4. The lowest BCUT2D eigenvalue weighted by molar-refractivity contribution is -0.136. The maximum absolute atomic E-state index is 12.7. The Morgan fingerprint density at radius 3 is 2.49 bits per heavy atom. The van der Waals surface area contributed by atoms with E-state index in [-0.39, 0.29) is 12.3 Å². The SMILES string of the molecule is O=C(O)Cc1cnc(Cc2ccc(NC(=O)c3ccc4ccccc4n3)cc2)nc1N1CCCC1. The molecule has 4 aromatic rings. The summed E-state index contributed by atoms with van der Waals surface area (Å²) >= 11 is 0. The van der Waals surface area contributed by atoms with E-state index in [9.17, 15) is 14.7 Å². The molecule has 1 aliphatic heterocycles. The molecule has 0 atom stereocenters. The highest BCUT2D eigenvalue weighted by molar-refractivity contribution is 6.04. The molecule has 0 saturated carbocycles. The number of nitrogens with one attached hydrogen (secondary N) is 1. The van der Waals surface area contributed by atoms with Crippen LogP contribution in [0.15, 0.2) is 66.9 Å². The van der Waals surface area contributed by atoms with Gasteiger partial charge in [-0.2, -0.15) is 0 Å². The van der Waals surface area contributed by atoms with Crippen molar-refractivity contribution in [3.8, 4) is 0 Å². The Labute approximate surface area is 202 Å². The summed E-state index contributed by atoms with van der Waals surface area (Å²) in [7, 11) is 0. The Morgan fingerprint density at radius 2 is 1.71 bits per heavy atom. The van der Waals surface area contributed by atoms with E-state index in [1.165, 1.54) is 0 Å². The van der Waals surface area contributed by atoms with E-state index in [4.69, 9.17) is 4.98 Å². The Hall–Kier alpha value is -4.33. The molecule has 1 saturated heterocycles. The summed E-state index contributed by atoms with van der Waals surface area (Å²) in [5, 5.41) is 13.1. The summed E-state index contributed by atoms with van der Waals surface area (Å²) in [5.41, 5.74) is 3.44. The fourth-order valence-electron chi connectivity index (χ4n) is 4.28. The molecule has 3 heterocycles. The number of hydrogen-bond donors (Lipinski definition) is 2. The van der Waals surface area contributed by atoms with Gasteiger partial charge in [0.05, 0.1) is 11.9 Å². The van der Waals surface area contributed by atoms with Gasteiger partial charge in [-0.05, 0) is 42.7 Å². The molecule has 1 amide bonds. The molecule has 0 bridgehead atoms. The zero-order valence-electron chi connectivity index (χ0n) is 19.1. The van der Waals surface area contributed by atoms with Gasteiger partial charge in [-0.25, -0.2) is 15.0 Å². The molecule has 0 radical (unpaired) electrons. The van der Waals surface area contributed by atoms with Gasteiger partial charge in [-0.15, -0.1) is 0 Å². The van der Waals surface area contributed by atoms with Gasteiger partial charge in [0.25, 0.3) is 5.91 Å². The van der Waals surface area contributed by atoms with Crippen LogP contribution in [0.25, 0.3) is 10.9 Å². The average molecular weight is 468 g/mol. The van der Waals surface area contributed by atoms with Crippen LogP contribution in [0.5, 0.6) is 0 Å². The summed E-state index contributed by atoms with van der Waals surface area (Å²) in [5.74, 6) is 0.203. The number of aliphatic carboxylic acids is 1. The fraction of sp³-hybridized carbons (Fsp3) is 0.222. The van der Waals surface area contributed by atoms with Crippen molar-refractivity contribution >= 4 is 34.3 Å². The van der Waals surface area contributed by atoms with Crippen molar-refractivity contribution in [2.75, 3.05) is 23.3 Å². The van der Waals surface area contributed by atoms with E-state index in [2.05, 4.69) is 20.2 Å². The van der Waals surface area contributed by atoms with Gasteiger partial charge in [0, 0.05) is 42.3 Å². The first-order valence-electron chi connectivity index (χ1n) is 11.6. The summed E-state index contributed by atoms with van der Waals surface area (Å²) in [6, 6.07) is 18.8. The van der Waals surface area contributed by atoms with Crippen molar-refractivity contribution < 1.29 is 14.7 Å². The smallest absolute Gasteiger partial charge is 0.308 e. The second-order valence-electron chi connectivity index (χ2n) is 8.62. The van der Waals surface area contributed by atoms with E-state index >= 15 is 0 Å². The maximum atomic E-state index is 12.7. The highest BCUT2D eigenvalue weighted by atomic mass is 16.4. The van der Waals surface area contributed by atoms with Crippen molar-refractivity contribution in [3.63, 3.8) is 0 Å². The zero-order chi connectivity index (χ0) is 24.2. The van der Waals surface area contributed by atoms with Gasteiger partial charge in [-0.1, -0.05) is 36.4 Å². The van der Waals surface area contributed by atoms with Gasteiger partial charge < -0.3 is 15.3 Å². The molecule has 0 spiro atoms. The lowest BCUT2D eigenvalue weighted by atomic mass is 10.1. The Morgan fingerprint density at radius 1 is 0.943 bits per heavy atom. The number of benzene rings is 2. The maximum Gasteiger partial charge on any atom is 0.308 e. The summed E-state index contributed by atoms with van der Waals surface area (Å²) in [4.78, 5) is 39.6. The van der Waals surface area contributed by atoms with Crippen LogP contribution in [0.4, 0.5) is 11.5 Å². The molecule has 1 aliphatic rings. The fourth-order valence-corrected chi connectivity index (χ4v) is 4.28. The quantitative estimate of drug-likeness (QED) is 0.421. The third kappa shape index (κ3) is 5.27. The average Bonchev–Trinajstić information content (AvgIpc) is 3.40. The Kier molecular flexibility index (Phi) is 6.34. The van der Waals surface area contributed by atoms with Crippen molar-refractivity contribution in [1.82, 2.24) is 15.0 Å². The Bertz CT molecular complexity index is 1380. The molecule has 176 valence electrons. The molecule has 2 N–H and O–H groups in total. The van der Waals surface area contributed by atoms with Crippen molar-refractivity contribution in [3.05, 3.63) is 89.5 Å². The Balaban J connectivity index is 1.28. The second-order valence-corrected chi connectivity index (χ2v) is 8.62. The van der Waals surface area contributed by atoms with E-state index in [0.29, 0.717) is 29.2 Å². The molecular weight excluding hydrogens is 442 g/mol. The first-order valence-corrected chi connectivity index (χ1v) is 11.6. The minimum atomic E-state index is -0.890. The van der Waals surface area contributed by atoms with Crippen molar-refractivity contribution in [2.45, 2.75) is 25.7 Å². The number of carbonyl (C=O) groups excluding carboxylic acids is 1. The molecule has 2 aromatic carbocycles. The minimum absolute atomic E-state index is 0.0907. The number of carboxylic acids is 1. The standard InChI is InChI=1S/C27H25N5O3/c33-25(34)16-20-17-28-24(31-26(20)32-13-3-4-14-32)15-18-7-10-21(11-8-18)29-27(35)23-12-9-19-5-1-2-6-22(19)30-23/h1-2,5-12,17H,3-4,13-16H2,(H,29,35)(H,33,34). The van der Waals surface area contributed by atoms with Gasteiger partial charge in [0.2, 0.25) is 0 Å². The monoisotopic (exact) mass is 467 g/mol. The minimum Gasteiger partial charge on any atom is -0.481 e. The topological polar surface area (TPSA) is 108 Å². The number of carboxylic acid groups (broad SMARTS) is 1. The molecule has 8 heteroatoms. The largest absolute Gasteiger partial charge is 0.481 e. The summed E-state index contributed by atoms with van der Waals surface area (Å²) < 4.78 is 0. The number of amides is 1. The van der Waals surface area contributed by atoms with Gasteiger partial charge in [0.15, 0.2) is 0 Å². The highest BCUT2D eigenvalue weighted by Crippen LogP contribution is 2.24. The summed E-state index contributed by atoms with van der Waals surface area (Å²) in [6.07, 6.45) is 4.21. The highest BCUT2D eigenvalue weighted by Gasteiger charge is 2.20. The number of carbonyl (C=O) groups is 2. The zero-order valence-corrected chi connectivity index (χ0v) is 19.1. The number of para-hydroxylation sites is 1. The van der Waals surface area contributed by atoms with Crippen LogP contribution in [0, 0.1) is 0 Å². The van der Waals surface area contributed by atoms with Crippen LogP contribution >= 0.6 is 0 Å². The molecule has 2 aromatic heterocycles. The van der Waals surface area contributed by atoms with Crippen LogP contribution in [0.1, 0.15) is 40.3 Å². The van der Waals surface area contributed by atoms with E-state index in [1.54, 1.807) is 12.3 Å². The number of aromatic nitrogens is 3. The van der Waals surface area contributed by atoms with Crippen LogP contribution in [-0.4, -0.2) is 45.0 Å². The molecule has 1 fully saturated rings. The van der Waals surface area contributed by atoms with E-state index in [1.807, 2.05) is 54.6 Å². The third-order valence-electron chi connectivity index (χ3n) is 6.04. The number of fused-ring (bicyclic) bond motifs is 1. The molecule has 35 heavy (non-hydrogen) atoms. The number of anilines is 2. The van der Waals surface area contributed by atoms with Crippen LogP contribution in [-0.2, 0) is 17.6 Å². The van der Waals surface area contributed by atoms with Crippen molar-refractivity contribution in [2.24, 2.45) is 0 Å². The molecule has 0 unspecified atom stereocenters. The molecular formula is C27H25N5O3. The lowest BCUT2D eigenvalue weighted by Crippen LogP contribution is -2.22. The molecule has 8 nitrogen and oxygen atoms in total. The van der Waals surface area contributed by atoms with Crippen LogP contribution < -0.4 is 10.2 Å². The normalized spacial score (nSPS) is 13.2. The predicted molar refractivity (Wildman–Crippen MR) is 134 cm³/mol. The summed E-state index contributed by atoms with van der Waals surface area (Å²) in [6.45, 7) is 1.76. The number of pyridine rings is 1. The van der Waals surface area contributed by atoms with Gasteiger partial charge in [0.1, 0.15) is 17.3 Å². The van der Waals surface area contributed by atoms with Crippen molar-refractivity contribution in [1.29, 1.82) is 0 Å². The first kappa shape index (κ1) is 22.5. The van der Waals surface area contributed by atoms with E-state index in [0.717, 1.165) is 48.2 Å².